The van der Waals surface area contributed by atoms with Crippen LogP contribution in [0.5, 0.6) is 0 Å². The van der Waals surface area contributed by atoms with Gasteiger partial charge in [0.2, 0.25) is 0 Å². The molecule has 0 aliphatic carbocycles. The minimum atomic E-state index is -0.354. The molecule has 1 heterocycles. The van der Waals surface area contributed by atoms with E-state index in [1.807, 2.05) is 11.7 Å². The number of alkyl halides is 1. The molecule has 1 unspecified atom stereocenters. The van der Waals surface area contributed by atoms with E-state index in [0.717, 1.165) is 25.0 Å². The van der Waals surface area contributed by atoms with Crippen molar-refractivity contribution in [2.24, 2.45) is 0 Å². The number of aryl methyl sites for hydroxylation is 2. The molecule has 0 amide bonds. The summed E-state index contributed by atoms with van der Waals surface area (Å²) in [4.78, 5) is 0. The van der Waals surface area contributed by atoms with Gasteiger partial charge in [-0.1, -0.05) is 20.8 Å². The molecule has 1 N–H and O–H groups in total. The van der Waals surface area contributed by atoms with Crippen LogP contribution in [-0.4, -0.2) is 23.5 Å². The first-order valence-electron chi connectivity index (χ1n) is 6.54. The Morgan fingerprint density at radius 1 is 1.29 bits per heavy atom. The number of rotatable bonds is 7. The van der Waals surface area contributed by atoms with E-state index < -0.39 is 0 Å². The van der Waals surface area contributed by atoms with Gasteiger partial charge in [0.1, 0.15) is 6.67 Å². The van der Waals surface area contributed by atoms with Crippen LogP contribution in [-0.2, 0) is 19.4 Å². The Morgan fingerprint density at radius 3 is 2.41 bits per heavy atom. The van der Waals surface area contributed by atoms with E-state index in [1.54, 1.807) is 0 Å². The summed E-state index contributed by atoms with van der Waals surface area (Å²) in [5, 5.41) is 7.87. The van der Waals surface area contributed by atoms with Gasteiger partial charge in [-0.2, -0.15) is 5.10 Å². The van der Waals surface area contributed by atoms with Crippen molar-refractivity contribution in [3.05, 3.63) is 17.0 Å². The highest BCUT2D eigenvalue weighted by Gasteiger charge is 2.20. The highest BCUT2D eigenvalue weighted by Crippen LogP contribution is 2.25. The molecule has 1 rings (SSSR count). The fourth-order valence-electron chi connectivity index (χ4n) is 2.42. The molecule has 0 saturated carbocycles. The van der Waals surface area contributed by atoms with Crippen LogP contribution < -0.4 is 5.32 Å². The van der Waals surface area contributed by atoms with Gasteiger partial charge in [0, 0.05) is 17.3 Å². The van der Waals surface area contributed by atoms with Crippen LogP contribution in [0.25, 0.3) is 0 Å². The SMILES string of the molecule is CCc1nn(CCF)c(CC)c1C(CC)NC. The maximum atomic E-state index is 12.5. The Kier molecular flexibility index (Phi) is 5.62. The van der Waals surface area contributed by atoms with Crippen LogP contribution in [0.2, 0.25) is 0 Å². The molecule has 17 heavy (non-hydrogen) atoms. The van der Waals surface area contributed by atoms with Gasteiger partial charge < -0.3 is 5.32 Å². The molecular formula is C13H24FN3. The second kappa shape index (κ2) is 6.74. The normalized spacial score (nSPS) is 13.0. The summed E-state index contributed by atoms with van der Waals surface area (Å²) >= 11 is 0. The molecule has 0 saturated heterocycles. The molecule has 0 aliphatic rings. The van der Waals surface area contributed by atoms with Crippen LogP contribution in [0, 0.1) is 0 Å². The Bertz CT molecular complexity index is 343. The van der Waals surface area contributed by atoms with Gasteiger partial charge in [-0.15, -0.1) is 0 Å². The molecule has 1 aromatic rings. The summed E-state index contributed by atoms with van der Waals surface area (Å²) in [7, 11) is 1.97. The van der Waals surface area contributed by atoms with E-state index in [0.29, 0.717) is 12.6 Å². The van der Waals surface area contributed by atoms with Crippen molar-refractivity contribution in [3.63, 3.8) is 0 Å². The van der Waals surface area contributed by atoms with Crippen molar-refractivity contribution < 1.29 is 4.39 Å². The summed E-state index contributed by atoms with van der Waals surface area (Å²) < 4.78 is 14.4. The predicted molar refractivity (Wildman–Crippen MR) is 69.0 cm³/mol. The van der Waals surface area contributed by atoms with Crippen molar-refractivity contribution >= 4 is 0 Å². The molecule has 0 fully saturated rings. The van der Waals surface area contributed by atoms with Gasteiger partial charge in [-0.25, -0.2) is 4.39 Å². The lowest BCUT2D eigenvalue weighted by Crippen LogP contribution is -2.18. The molecule has 3 nitrogen and oxygen atoms in total. The largest absolute Gasteiger partial charge is 0.313 e. The third-order valence-electron chi connectivity index (χ3n) is 3.25. The molecule has 98 valence electrons. The third-order valence-corrected chi connectivity index (χ3v) is 3.25. The fraction of sp³-hybridized carbons (Fsp3) is 0.769. The number of halogens is 1. The maximum absolute atomic E-state index is 12.5. The maximum Gasteiger partial charge on any atom is 0.109 e. The number of hydrogen-bond acceptors (Lipinski definition) is 2. The van der Waals surface area contributed by atoms with E-state index in [9.17, 15) is 4.39 Å². The molecule has 1 atom stereocenters. The zero-order valence-corrected chi connectivity index (χ0v) is 11.4. The minimum Gasteiger partial charge on any atom is -0.313 e. The monoisotopic (exact) mass is 241 g/mol. The zero-order chi connectivity index (χ0) is 12.8. The molecular weight excluding hydrogens is 217 g/mol. The van der Waals surface area contributed by atoms with Gasteiger partial charge in [0.25, 0.3) is 0 Å². The quantitative estimate of drug-likeness (QED) is 0.795. The number of nitrogens with zero attached hydrogens (tertiary/aromatic N) is 2. The molecule has 0 spiro atoms. The van der Waals surface area contributed by atoms with Crippen LogP contribution >= 0.6 is 0 Å². The van der Waals surface area contributed by atoms with E-state index in [-0.39, 0.29) is 6.67 Å². The van der Waals surface area contributed by atoms with Gasteiger partial charge in [0.05, 0.1) is 12.2 Å². The number of hydrogen-bond donors (Lipinski definition) is 1. The highest BCUT2D eigenvalue weighted by molar-refractivity contribution is 5.30. The third kappa shape index (κ3) is 2.86. The van der Waals surface area contributed by atoms with Crippen LogP contribution in [0.3, 0.4) is 0 Å². The van der Waals surface area contributed by atoms with Gasteiger partial charge in [0.15, 0.2) is 0 Å². The second-order valence-electron chi connectivity index (χ2n) is 4.18. The first kappa shape index (κ1) is 14.2. The fourth-order valence-corrected chi connectivity index (χ4v) is 2.42. The summed E-state index contributed by atoms with van der Waals surface area (Å²) in [5.74, 6) is 0. The van der Waals surface area contributed by atoms with Crippen molar-refractivity contribution in [1.82, 2.24) is 15.1 Å². The highest BCUT2D eigenvalue weighted by atomic mass is 19.1. The summed E-state index contributed by atoms with van der Waals surface area (Å²) in [5.41, 5.74) is 3.57. The first-order chi connectivity index (χ1) is 8.23. The topological polar surface area (TPSA) is 29.9 Å². The van der Waals surface area contributed by atoms with E-state index in [2.05, 4.69) is 31.2 Å². The predicted octanol–water partition coefficient (Wildman–Crippen LogP) is 2.65. The smallest absolute Gasteiger partial charge is 0.109 e. The Morgan fingerprint density at radius 2 is 2.00 bits per heavy atom. The van der Waals surface area contributed by atoms with Gasteiger partial charge in [-0.05, 0) is 26.3 Å². The zero-order valence-electron chi connectivity index (χ0n) is 11.4. The molecule has 0 aromatic carbocycles. The average Bonchev–Trinajstić information content (AvgIpc) is 2.69. The van der Waals surface area contributed by atoms with Crippen LogP contribution in [0.1, 0.15) is 50.2 Å². The van der Waals surface area contributed by atoms with Crippen LogP contribution in [0.15, 0.2) is 0 Å². The Balaban J connectivity index is 3.22. The Labute approximate surface area is 103 Å². The standard InChI is InChI=1S/C13H24FN3/c1-5-10(15-4)13-11(6-2)16-17(9-8-14)12(13)7-3/h10,15H,5-9H2,1-4H3. The van der Waals surface area contributed by atoms with E-state index >= 15 is 0 Å². The van der Waals surface area contributed by atoms with Crippen molar-refractivity contribution in [1.29, 1.82) is 0 Å². The van der Waals surface area contributed by atoms with Gasteiger partial charge >= 0.3 is 0 Å². The molecule has 0 aliphatic heterocycles. The summed E-state index contributed by atoms with van der Waals surface area (Å²) in [6.45, 7) is 6.39. The van der Waals surface area contributed by atoms with Crippen LogP contribution in [0.4, 0.5) is 4.39 Å². The second-order valence-corrected chi connectivity index (χ2v) is 4.18. The first-order valence-corrected chi connectivity index (χ1v) is 6.54. The van der Waals surface area contributed by atoms with Crippen molar-refractivity contribution in [3.8, 4) is 0 Å². The molecule has 0 bridgehead atoms. The molecule has 1 aromatic heterocycles. The summed E-state index contributed by atoms with van der Waals surface area (Å²) in [6.07, 6.45) is 2.83. The lowest BCUT2D eigenvalue weighted by molar-refractivity contribution is 0.418. The minimum absolute atomic E-state index is 0.327. The lowest BCUT2D eigenvalue weighted by atomic mass is 9.99. The van der Waals surface area contributed by atoms with E-state index in [4.69, 9.17) is 0 Å². The van der Waals surface area contributed by atoms with Gasteiger partial charge in [-0.3, -0.25) is 4.68 Å². The number of nitrogens with one attached hydrogen (secondary N) is 1. The summed E-state index contributed by atoms with van der Waals surface area (Å²) in [6, 6.07) is 0.327. The molecule has 0 radical (unpaired) electrons. The Hall–Kier alpha value is -0.900. The van der Waals surface area contributed by atoms with Crippen molar-refractivity contribution in [2.45, 2.75) is 52.6 Å². The average molecular weight is 241 g/mol. The van der Waals surface area contributed by atoms with Crippen molar-refractivity contribution in [2.75, 3.05) is 13.7 Å². The van der Waals surface area contributed by atoms with E-state index in [1.165, 1.54) is 11.3 Å². The molecule has 4 heteroatoms. The number of aromatic nitrogens is 2. The lowest BCUT2D eigenvalue weighted by Gasteiger charge is -2.16.